The van der Waals surface area contributed by atoms with Gasteiger partial charge in [0.25, 0.3) is 5.91 Å². The molecule has 4 rings (SSSR count). The van der Waals surface area contributed by atoms with Crippen LogP contribution in [0.15, 0.2) is 60.7 Å². The van der Waals surface area contributed by atoms with Crippen molar-refractivity contribution in [3.05, 3.63) is 71.8 Å². The summed E-state index contributed by atoms with van der Waals surface area (Å²) in [5, 5.41) is 3.19. The van der Waals surface area contributed by atoms with E-state index in [1.807, 2.05) is 60.7 Å². The molecule has 9 nitrogen and oxygen atoms in total. The lowest BCUT2D eigenvalue weighted by atomic mass is 10.0. The van der Waals surface area contributed by atoms with Crippen LogP contribution in [-0.2, 0) is 33.5 Å². The lowest BCUT2D eigenvalue weighted by molar-refractivity contribution is -0.260. The maximum atomic E-state index is 13.5. The Kier molecular flexibility index (Phi) is 5.91. The smallest absolute Gasteiger partial charge is 0.376 e. The van der Waals surface area contributed by atoms with Crippen LogP contribution in [0.2, 0.25) is 0 Å². The first-order valence-electron chi connectivity index (χ1n) is 10.2. The Bertz CT molecular complexity index is 988. The zero-order valence-corrected chi connectivity index (χ0v) is 17.4. The third kappa shape index (κ3) is 4.06. The normalized spacial score (nSPS) is 22.7. The number of nitrogens with zero attached hydrogens (tertiary/aromatic N) is 1. The van der Waals surface area contributed by atoms with Gasteiger partial charge in [-0.15, -0.1) is 0 Å². The summed E-state index contributed by atoms with van der Waals surface area (Å²) in [5.41, 5.74) is -0.656. The average molecular weight is 438 g/mol. The fourth-order valence-corrected chi connectivity index (χ4v) is 3.77. The van der Waals surface area contributed by atoms with Gasteiger partial charge in [-0.2, -0.15) is 5.06 Å². The van der Waals surface area contributed by atoms with E-state index in [-0.39, 0.29) is 19.4 Å². The molecule has 2 unspecified atom stereocenters. The number of benzene rings is 2. The number of rotatable bonds is 6. The van der Waals surface area contributed by atoms with Crippen LogP contribution in [0.3, 0.4) is 0 Å². The summed E-state index contributed by atoms with van der Waals surface area (Å²) < 4.78 is 11.2. The van der Waals surface area contributed by atoms with Crippen LogP contribution in [0.4, 0.5) is 0 Å². The number of hydrogen-bond donors (Lipinski definition) is 1. The van der Waals surface area contributed by atoms with Crippen molar-refractivity contribution in [2.75, 3.05) is 6.61 Å². The van der Waals surface area contributed by atoms with Gasteiger partial charge < -0.3 is 14.8 Å². The fourth-order valence-electron chi connectivity index (χ4n) is 3.77. The van der Waals surface area contributed by atoms with Crippen molar-refractivity contribution in [3.8, 4) is 0 Å². The minimum Gasteiger partial charge on any atom is -0.448 e. The third-order valence-corrected chi connectivity index (χ3v) is 5.27. The molecule has 32 heavy (non-hydrogen) atoms. The van der Waals surface area contributed by atoms with E-state index in [0.717, 1.165) is 5.06 Å². The third-order valence-electron chi connectivity index (χ3n) is 5.27. The molecule has 2 aromatic carbocycles. The van der Waals surface area contributed by atoms with E-state index in [1.165, 1.54) is 6.92 Å². The number of hydroxylamine groups is 2. The quantitative estimate of drug-likeness (QED) is 0.683. The van der Waals surface area contributed by atoms with Gasteiger partial charge in [0.2, 0.25) is 5.91 Å². The molecule has 2 saturated heterocycles. The second-order valence-corrected chi connectivity index (χ2v) is 7.55. The van der Waals surface area contributed by atoms with Gasteiger partial charge in [-0.25, -0.2) is 4.79 Å². The number of hydrogen-bond acceptors (Lipinski definition) is 7. The second-order valence-electron chi connectivity index (χ2n) is 7.55. The van der Waals surface area contributed by atoms with Gasteiger partial charge in [0.15, 0.2) is 6.10 Å². The molecule has 0 bridgehead atoms. The van der Waals surface area contributed by atoms with E-state index in [2.05, 4.69) is 5.32 Å². The molecule has 9 heteroatoms. The maximum absolute atomic E-state index is 13.5. The van der Waals surface area contributed by atoms with Crippen molar-refractivity contribution in [1.29, 1.82) is 0 Å². The Morgan fingerprint density at radius 1 is 1.06 bits per heavy atom. The number of carbonyl (C=O) groups is 4. The van der Waals surface area contributed by atoms with Crippen molar-refractivity contribution in [2.24, 2.45) is 0 Å². The highest BCUT2D eigenvalue weighted by Gasteiger charge is 2.60. The molecule has 1 N–H and O–H groups in total. The summed E-state index contributed by atoms with van der Waals surface area (Å²) in [6.07, 6.45) is -1.02. The molecule has 0 aliphatic carbocycles. The summed E-state index contributed by atoms with van der Waals surface area (Å²) in [6.45, 7) is 1.08. The van der Waals surface area contributed by atoms with Crippen LogP contribution in [0.25, 0.3) is 0 Å². The lowest BCUT2D eigenvalue weighted by Gasteiger charge is -2.34. The van der Waals surface area contributed by atoms with E-state index in [9.17, 15) is 19.2 Å². The molecular formula is C23H22N2O7. The Morgan fingerprint density at radius 3 is 2.16 bits per heavy atom. The van der Waals surface area contributed by atoms with Gasteiger partial charge >= 0.3 is 17.7 Å². The number of carbonyl (C=O) groups excluding carboxylic acids is 4. The SMILES string of the molecule is CC(=O)NC1CON(C2(C(=O)OC(c3ccccc3)c3ccccc3)CCC(=O)O2)C1=O. The van der Waals surface area contributed by atoms with Gasteiger partial charge in [0, 0.05) is 13.3 Å². The van der Waals surface area contributed by atoms with E-state index in [1.54, 1.807) is 0 Å². The predicted octanol–water partition coefficient (Wildman–Crippen LogP) is 1.63. The van der Waals surface area contributed by atoms with E-state index in [0.29, 0.717) is 11.1 Å². The highest BCUT2D eigenvalue weighted by molar-refractivity contribution is 5.94. The van der Waals surface area contributed by atoms with Gasteiger partial charge in [0.05, 0.1) is 6.42 Å². The molecule has 2 aliphatic heterocycles. The van der Waals surface area contributed by atoms with Crippen molar-refractivity contribution in [3.63, 3.8) is 0 Å². The maximum Gasteiger partial charge on any atom is 0.376 e. The molecule has 2 heterocycles. The highest BCUT2D eigenvalue weighted by atomic mass is 16.8. The largest absolute Gasteiger partial charge is 0.448 e. The molecule has 0 radical (unpaired) electrons. The number of ether oxygens (including phenoxy) is 2. The molecule has 166 valence electrons. The molecule has 2 fully saturated rings. The molecular weight excluding hydrogens is 416 g/mol. The minimum atomic E-state index is -2.07. The Labute approximate surface area is 184 Å². The Balaban J connectivity index is 1.65. The van der Waals surface area contributed by atoms with Crippen LogP contribution in [0.5, 0.6) is 0 Å². The molecule has 2 aliphatic rings. The number of esters is 2. The zero-order valence-electron chi connectivity index (χ0n) is 17.4. The summed E-state index contributed by atoms with van der Waals surface area (Å²) in [5.74, 6) is -2.71. The number of cyclic esters (lactones) is 1. The van der Waals surface area contributed by atoms with Crippen molar-refractivity contribution < 1.29 is 33.5 Å². The van der Waals surface area contributed by atoms with Crippen LogP contribution in [0, 0.1) is 0 Å². The highest BCUT2D eigenvalue weighted by Crippen LogP contribution is 2.37. The summed E-state index contributed by atoms with van der Waals surface area (Å²) in [6, 6.07) is 17.2. The number of nitrogens with one attached hydrogen (secondary N) is 1. The zero-order chi connectivity index (χ0) is 22.7. The van der Waals surface area contributed by atoms with Crippen LogP contribution >= 0.6 is 0 Å². The van der Waals surface area contributed by atoms with Gasteiger partial charge in [0.1, 0.15) is 12.6 Å². The lowest BCUT2D eigenvalue weighted by Crippen LogP contribution is -2.57. The monoisotopic (exact) mass is 438 g/mol. The average Bonchev–Trinajstić information content (AvgIpc) is 3.36. The summed E-state index contributed by atoms with van der Waals surface area (Å²) in [7, 11) is 0. The molecule has 0 aromatic heterocycles. The van der Waals surface area contributed by atoms with E-state index < -0.39 is 41.6 Å². The minimum absolute atomic E-state index is 0.0889. The van der Waals surface area contributed by atoms with Gasteiger partial charge in [-0.05, 0) is 11.1 Å². The Morgan fingerprint density at radius 2 is 1.66 bits per heavy atom. The molecule has 2 amide bonds. The summed E-state index contributed by atoms with van der Waals surface area (Å²) in [4.78, 5) is 55.1. The van der Waals surface area contributed by atoms with Crippen molar-refractivity contribution >= 4 is 23.8 Å². The van der Waals surface area contributed by atoms with Gasteiger partial charge in [-0.3, -0.25) is 19.2 Å². The van der Waals surface area contributed by atoms with E-state index in [4.69, 9.17) is 14.3 Å². The first-order chi connectivity index (χ1) is 15.4. The topological polar surface area (TPSA) is 111 Å². The predicted molar refractivity (Wildman–Crippen MR) is 109 cm³/mol. The number of amides is 2. The first-order valence-corrected chi connectivity index (χ1v) is 10.2. The van der Waals surface area contributed by atoms with Crippen LogP contribution < -0.4 is 5.32 Å². The molecule has 2 aromatic rings. The van der Waals surface area contributed by atoms with Crippen LogP contribution in [0.1, 0.15) is 37.0 Å². The van der Waals surface area contributed by atoms with Crippen LogP contribution in [-0.4, -0.2) is 47.2 Å². The standard InChI is InChI=1S/C23H22N2O7/c1-15(26)24-18-14-30-25(21(18)28)23(13-12-19(27)32-23)22(29)31-20(16-8-4-2-5-9-16)17-10-6-3-7-11-17/h2-11,18,20H,12-14H2,1H3,(H,24,26). The molecule has 0 saturated carbocycles. The summed E-state index contributed by atoms with van der Waals surface area (Å²) >= 11 is 0. The van der Waals surface area contributed by atoms with E-state index >= 15 is 0 Å². The molecule has 0 spiro atoms. The first kappa shape index (κ1) is 21.5. The fraction of sp³-hybridized carbons (Fsp3) is 0.304. The van der Waals surface area contributed by atoms with Crippen molar-refractivity contribution in [1.82, 2.24) is 10.4 Å². The van der Waals surface area contributed by atoms with Gasteiger partial charge in [-0.1, -0.05) is 60.7 Å². The Hall–Kier alpha value is -3.72. The molecule has 2 atom stereocenters. The van der Waals surface area contributed by atoms with Crippen molar-refractivity contribution in [2.45, 2.75) is 37.6 Å². The second kappa shape index (κ2) is 8.80.